The molecule has 1 aliphatic rings. The van der Waals surface area contributed by atoms with Crippen molar-refractivity contribution in [2.24, 2.45) is 4.99 Å². The van der Waals surface area contributed by atoms with Crippen LogP contribution in [-0.2, 0) is 14.3 Å². The van der Waals surface area contributed by atoms with E-state index in [1.165, 1.54) is 4.90 Å². The molecule has 0 saturated heterocycles. The molecule has 0 radical (unpaired) electrons. The number of esters is 1. The molecular weight excluding hydrogens is 172 g/mol. The summed E-state index contributed by atoms with van der Waals surface area (Å²) in [7, 11) is 0. The van der Waals surface area contributed by atoms with E-state index < -0.39 is 11.9 Å². The normalized spacial score (nSPS) is 15.5. The Bertz CT molecular complexity index is 260. The van der Waals surface area contributed by atoms with Crippen LogP contribution in [-0.4, -0.2) is 42.3 Å². The molecule has 0 aromatic carbocycles. The Hall–Kier alpha value is -1.39. The Labute approximate surface area is 76.4 Å². The van der Waals surface area contributed by atoms with Crippen LogP contribution in [0.1, 0.15) is 13.8 Å². The average molecular weight is 184 g/mol. The van der Waals surface area contributed by atoms with Gasteiger partial charge in [0.15, 0.2) is 0 Å². The number of ether oxygens (including phenoxy) is 1. The Morgan fingerprint density at radius 1 is 1.62 bits per heavy atom. The molecule has 5 heteroatoms. The van der Waals surface area contributed by atoms with Gasteiger partial charge in [0.05, 0.1) is 13.2 Å². The first-order valence-electron chi connectivity index (χ1n) is 4.16. The first kappa shape index (κ1) is 9.70. The second-order valence-electron chi connectivity index (χ2n) is 2.61. The number of rotatable bonds is 1. The van der Waals surface area contributed by atoms with Crippen LogP contribution in [0.4, 0.5) is 0 Å². The third kappa shape index (κ3) is 2.05. The second-order valence-corrected chi connectivity index (χ2v) is 2.61. The second kappa shape index (κ2) is 4.02. The molecule has 1 rings (SSSR count). The van der Waals surface area contributed by atoms with E-state index in [4.69, 9.17) is 0 Å². The third-order valence-electron chi connectivity index (χ3n) is 1.75. The largest absolute Gasteiger partial charge is 0.459 e. The van der Waals surface area contributed by atoms with E-state index in [0.29, 0.717) is 18.9 Å². The van der Waals surface area contributed by atoms with E-state index in [-0.39, 0.29) is 6.61 Å². The lowest BCUT2D eigenvalue weighted by Gasteiger charge is -2.13. The van der Waals surface area contributed by atoms with Crippen molar-refractivity contribution in [3.05, 3.63) is 0 Å². The maximum atomic E-state index is 11.3. The fourth-order valence-electron chi connectivity index (χ4n) is 1.11. The van der Waals surface area contributed by atoms with Crippen LogP contribution in [0, 0.1) is 0 Å². The first-order valence-corrected chi connectivity index (χ1v) is 4.16. The van der Waals surface area contributed by atoms with E-state index in [2.05, 4.69) is 9.73 Å². The Morgan fingerprint density at radius 2 is 2.31 bits per heavy atom. The van der Waals surface area contributed by atoms with E-state index in [1.54, 1.807) is 13.8 Å². The quantitative estimate of drug-likeness (QED) is 0.419. The van der Waals surface area contributed by atoms with Crippen LogP contribution in [0.2, 0.25) is 0 Å². The van der Waals surface area contributed by atoms with E-state index in [1.807, 2.05) is 0 Å². The molecule has 72 valence electrons. The lowest BCUT2D eigenvalue weighted by molar-refractivity contribution is -0.157. The fourth-order valence-corrected chi connectivity index (χ4v) is 1.11. The standard InChI is InChI=1S/C8H12N2O3/c1-3-13-8(12)7(11)10-5-4-9-6(10)2/h3-5H2,1-2H3. The SMILES string of the molecule is CCOC(=O)C(=O)N1CCN=C1C. The van der Waals surface area contributed by atoms with Gasteiger partial charge in [0.25, 0.3) is 0 Å². The van der Waals surface area contributed by atoms with Crippen molar-refractivity contribution in [2.75, 3.05) is 19.7 Å². The highest BCUT2D eigenvalue weighted by Gasteiger charge is 2.27. The summed E-state index contributed by atoms with van der Waals surface area (Å²) in [5.74, 6) is -0.849. The molecule has 0 N–H and O–H groups in total. The minimum atomic E-state index is -0.807. The summed E-state index contributed by atoms with van der Waals surface area (Å²) in [6.07, 6.45) is 0. The highest BCUT2D eigenvalue weighted by Crippen LogP contribution is 2.02. The van der Waals surface area contributed by atoms with Gasteiger partial charge in [-0.1, -0.05) is 0 Å². The maximum Gasteiger partial charge on any atom is 0.397 e. The lowest BCUT2D eigenvalue weighted by Crippen LogP contribution is -2.38. The number of amides is 1. The van der Waals surface area contributed by atoms with Gasteiger partial charge in [-0.05, 0) is 13.8 Å². The highest BCUT2D eigenvalue weighted by molar-refractivity contribution is 6.35. The van der Waals surface area contributed by atoms with Gasteiger partial charge in [-0.25, -0.2) is 4.79 Å². The molecule has 1 amide bonds. The van der Waals surface area contributed by atoms with Crippen LogP contribution in [0.25, 0.3) is 0 Å². The highest BCUT2D eigenvalue weighted by atomic mass is 16.5. The Balaban J connectivity index is 2.57. The number of hydrogen-bond donors (Lipinski definition) is 0. The number of hydrogen-bond acceptors (Lipinski definition) is 4. The first-order chi connectivity index (χ1) is 6.16. The monoisotopic (exact) mass is 184 g/mol. The predicted octanol–water partition coefficient (Wildman–Crippen LogP) is -0.190. The minimum absolute atomic E-state index is 0.217. The molecule has 0 saturated carbocycles. The van der Waals surface area contributed by atoms with Crippen LogP contribution in [0.5, 0.6) is 0 Å². The molecule has 1 aliphatic heterocycles. The number of carbonyl (C=O) groups excluding carboxylic acids is 2. The summed E-state index contributed by atoms with van der Waals surface area (Å²) in [6, 6.07) is 0. The summed E-state index contributed by atoms with van der Waals surface area (Å²) < 4.78 is 4.58. The van der Waals surface area contributed by atoms with Gasteiger partial charge in [0.1, 0.15) is 5.84 Å². The number of carbonyl (C=O) groups is 2. The van der Waals surface area contributed by atoms with Gasteiger partial charge in [0, 0.05) is 6.54 Å². The maximum absolute atomic E-state index is 11.3. The Kier molecular flexibility index (Phi) is 3.00. The van der Waals surface area contributed by atoms with Crippen molar-refractivity contribution in [1.29, 1.82) is 0 Å². The van der Waals surface area contributed by atoms with Gasteiger partial charge >= 0.3 is 11.9 Å². The molecule has 0 unspecified atom stereocenters. The van der Waals surface area contributed by atoms with Crippen molar-refractivity contribution in [1.82, 2.24) is 4.90 Å². The molecule has 1 heterocycles. The summed E-state index contributed by atoms with van der Waals surface area (Å²) in [5, 5.41) is 0. The van der Waals surface area contributed by atoms with Gasteiger partial charge in [-0.2, -0.15) is 0 Å². The fraction of sp³-hybridized carbons (Fsp3) is 0.625. The van der Waals surface area contributed by atoms with Crippen LogP contribution in [0.3, 0.4) is 0 Å². The average Bonchev–Trinajstić information content (AvgIpc) is 2.50. The zero-order valence-corrected chi connectivity index (χ0v) is 7.74. The summed E-state index contributed by atoms with van der Waals surface area (Å²) in [6.45, 7) is 4.62. The molecule has 0 bridgehead atoms. The number of nitrogens with zero attached hydrogens (tertiary/aromatic N) is 2. The summed E-state index contributed by atoms with van der Waals surface area (Å²) in [4.78, 5) is 27.6. The van der Waals surface area contributed by atoms with Crippen LogP contribution in [0.15, 0.2) is 4.99 Å². The zero-order chi connectivity index (χ0) is 9.84. The van der Waals surface area contributed by atoms with Gasteiger partial charge < -0.3 is 4.74 Å². The van der Waals surface area contributed by atoms with Crippen LogP contribution < -0.4 is 0 Å². The molecule has 0 atom stereocenters. The molecular formula is C8H12N2O3. The van der Waals surface area contributed by atoms with Gasteiger partial charge in [-0.15, -0.1) is 0 Å². The van der Waals surface area contributed by atoms with E-state index in [0.717, 1.165) is 0 Å². The molecule has 5 nitrogen and oxygen atoms in total. The van der Waals surface area contributed by atoms with Crippen molar-refractivity contribution in [2.45, 2.75) is 13.8 Å². The van der Waals surface area contributed by atoms with Crippen molar-refractivity contribution in [3.8, 4) is 0 Å². The van der Waals surface area contributed by atoms with E-state index >= 15 is 0 Å². The number of amidine groups is 1. The topological polar surface area (TPSA) is 59.0 Å². The van der Waals surface area contributed by atoms with Crippen LogP contribution >= 0.6 is 0 Å². The zero-order valence-electron chi connectivity index (χ0n) is 7.74. The minimum Gasteiger partial charge on any atom is -0.459 e. The van der Waals surface area contributed by atoms with Crippen molar-refractivity contribution >= 4 is 17.7 Å². The molecule has 0 aliphatic carbocycles. The smallest absolute Gasteiger partial charge is 0.397 e. The van der Waals surface area contributed by atoms with Crippen molar-refractivity contribution < 1.29 is 14.3 Å². The van der Waals surface area contributed by atoms with Gasteiger partial charge in [-0.3, -0.25) is 14.7 Å². The van der Waals surface area contributed by atoms with Gasteiger partial charge in [0.2, 0.25) is 0 Å². The Morgan fingerprint density at radius 3 is 2.77 bits per heavy atom. The molecule has 0 aromatic heterocycles. The van der Waals surface area contributed by atoms with Crippen molar-refractivity contribution in [3.63, 3.8) is 0 Å². The molecule has 13 heavy (non-hydrogen) atoms. The third-order valence-corrected chi connectivity index (χ3v) is 1.75. The molecule has 0 fully saturated rings. The molecule has 0 spiro atoms. The summed E-state index contributed by atoms with van der Waals surface area (Å²) >= 11 is 0. The summed E-state index contributed by atoms with van der Waals surface area (Å²) in [5.41, 5.74) is 0. The predicted molar refractivity (Wildman–Crippen MR) is 46.3 cm³/mol. The molecule has 0 aromatic rings. The van der Waals surface area contributed by atoms with E-state index in [9.17, 15) is 9.59 Å². The lowest BCUT2D eigenvalue weighted by atomic mass is 10.4. The number of aliphatic imine (C=N–C) groups is 1.